The van der Waals surface area contributed by atoms with Crippen LogP contribution in [0.15, 0.2) is 12.2 Å². The third kappa shape index (κ3) is 22.6. The molecule has 0 radical (unpaired) electrons. The molecule has 0 atom stereocenters. The lowest BCUT2D eigenvalue weighted by Gasteiger charge is -2.34. The van der Waals surface area contributed by atoms with Gasteiger partial charge in [0.25, 0.3) is 0 Å². The fourth-order valence-corrected chi connectivity index (χ4v) is 4.84. The molecule has 0 saturated heterocycles. The molecule has 0 aliphatic carbocycles. The molecular weight excluding hydrogens is 458 g/mol. The SMILES string of the molecule is CCCCCCCCCCCC/C=C\CCCCCCCCC[N+](CC(=O)O)(CC(=O)O)CC(=O)O. The summed E-state index contributed by atoms with van der Waals surface area (Å²) in [5, 5.41) is 27.4. The van der Waals surface area contributed by atoms with Crippen LogP contribution in [0, 0.1) is 0 Å². The molecule has 0 heterocycles. The summed E-state index contributed by atoms with van der Waals surface area (Å²) in [5.74, 6) is -3.51. The van der Waals surface area contributed by atoms with Crippen LogP contribution in [0.1, 0.15) is 129 Å². The molecular formula is C29H54NO6+. The van der Waals surface area contributed by atoms with Crippen molar-refractivity contribution in [1.29, 1.82) is 0 Å². The van der Waals surface area contributed by atoms with E-state index in [9.17, 15) is 14.4 Å². The Hall–Kier alpha value is -1.89. The number of aliphatic carboxylic acids is 3. The fourth-order valence-electron chi connectivity index (χ4n) is 4.84. The van der Waals surface area contributed by atoms with Crippen LogP contribution in [0.4, 0.5) is 0 Å². The van der Waals surface area contributed by atoms with E-state index in [1.165, 1.54) is 83.5 Å². The summed E-state index contributed by atoms with van der Waals surface area (Å²) in [5.41, 5.74) is 0. The minimum atomic E-state index is -1.17. The van der Waals surface area contributed by atoms with Gasteiger partial charge in [0.05, 0.1) is 6.54 Å². The van der Waals surface area contributed by atoms with E-state index in [4.69, 9.17) is 15.3 Å². The number of carboxylic acid groups (broad SMARTS) is 3. The van der Waals surface area contributed by atoms with Gasteiger partial charge in [-0.2, -0.15) is 0 Å². The molecule has 0 aromatic carbocycles. The Morgan fingerprint density at radius 1 is 0.500 bits per heavy atom. The molecule has 0 aromatic rings. The van der Waals surface area contributed by atoms with Gasteiger partial charge in [0.1, 0.15) is 0 Å². The van der Waals surface area contributed by atoms with Gasteiger partial charge in [-0.05, 0) is 38.5 Å². The first-order valence-corrected chi connectivity index (χ1v) is 14.5. The van der Waals surface area contributed by atoms with Gasteiger partial charge in [-0.25, -0.2) is 14.4 Å². The van der Waals surface area contributed by atoms with Crippen molar-refractivity contribution in [3.05, 3.63) is 12.2 Å². The first-order chi connectivity index (χ1) is 17.3. The summed E-state index contributed by atoms with van der Waals surface area (Å²) in [6.07, 6.45) is 27.9. The predicted octanol–water partition coefficient (Wildman–Crippen LogP) is 7.05. The maximum Gasteiger partial charge on any atom is 0.359 e. The Morgan fingerprint density at radius 3 is 1.14 bits per heavy atom. The van der Waals surface area contributed by atoms with E-state index in [1.807, 2.05) is 0 Å². The van der Waals surface area contributed by atoms with Gasteiger partial charge in [0.2, 0.25) is 0 Å². The van der Waals surface area contributed by atoms with Crippen LogP contribution in [0.3, 0.4) is 0 Å². The normalized spacial score (nSPS) is 11.8. The van der Waals surface area contributed by atoms with Crippen LogP contribution < -0.4 is 0 Å². The number of quaternary nitrogens is 1. The van der Waals surface area contributed by atoms with Crippen LogP contribution >= 0.6 is 0 Å². The molecule has 0 bridgehead atoms. The van der Waals surface area contributed by atoms with Crippen molar-refractivity contribution < 1.29 is 34.2 Å². The zero-order valence-electron chi connectivity index (χ0n) is 22.9. The fraction of sp³-hybridized carbons (Fsp3) is 0.828. The molecule has 7 nitrogen and oxygen atoms in total. The minimum Gasteiger partial charge on any atom is -0.477 e. The first-order valence-electron chi connectivity index (χ1n) is 14.5. The molecule has 36 heavy (non-hydrogen) atoms. The van der Waals surface area contributed by atoms with Gasteiger partial charge in [-0.1, -0.05) is 103 Å². The zero-order chi connectivity index (χ0) is 26.9. The van der Waals surface area contributed by atoms with Gasteiger partial charge in [0.15, 0.2) is 19.6 Å². The molecule has 7 heteroatoms. The Kier molecular flexibility index (Phi) is 22.3. The summed E-state index contributed by atoms with van der Waals surface area (Å²) >= 11 is 0. The summed E-state index contributed by atoms with van der Waals surface area (Å²) in [4.78, 5) is 33.6. The molecule has 0 saturated carbocycles. The number of hydrogen-bond acceptors (Lipinski definition) is 3. The van der Waals surface area contributed by atoms with Crippen molar-refractivity contribution in [2.45, 2.75) is 129 Å². The highest BCUT2D eigenvalue weighted by Crippen LogP contribution is 2.15. The molecule has 210 valence electrons. The van der Waals surface area contributed by atoms with Crippen LogP contribution in [-0.4, -0.2) is 63.9 Å². The van der Waals surface area contributed by atoms with E-state index in [1.54, 1.807) is 0 Å². The average molecular weight is 513 g/mol. The standard InChI is InChI=1S/C29H53NO6/c1-2-3-4-5-6-7-8-9-10-11-12-13-14-15-16-17-18-19-20-21-22-23-30(24-27(31)32,25-28(33)34)26-29(35)36/h13-14H,2-12,15-26H2,1H3,(H2-,31,32,33,34,35,36)/p+1/b14-13-. The lowest BCUT2D eigenvalue weighted by atomic mass is 10.1. The Balaban J connectivity index is 3.71. The topological polar surface area (TPSA) is 112 Å². The van der Waals surface area contributed by atoms with Crippen molar-refractivity contribution in [2.24, 2.45) is 0 Å². The maximum atomic E-state index is 11.2. The minimum absolute atomic E-state index is 0.259. The third-order valence-corrected chi connectivity index (χ3v) is 6.81. The number of carbonyl (C=O) groups is 3. The summed E-state index contributed by atoms with van der Waals surface area (Å²) in [6, 6.07) is 0. The quantitative estimate of drug-likeness (QED) is 0.0618. The highest BCUT2D eigenvalue weighted by Gasteiger charge is 2.35. The van der Waals surface area contributed by atoms with Crippen molar-refractivity contribution in [2.75, 3.05) is 26.2 Å². The Bertz CT molecular complexity index is 564. The second-order valence-corrected chi connectivity index (χ2v) is 10.4. The van der Waals surface area contributed by atoms with Crippen LogP contribution in [0.25, 0.3) is 0 Å². The second-order valence-electron chi connectivity index (χ2n) is 10.4. The number of carboxylic acids is 3. The van der Waals surface area contributed by atoms with Crippen molar-refractivity contribution >= 4 is 17.9 Å². The maximum absolute atomic E-state index is 11.2. The number of allylic oxidation sites excluding steroid dienone is 2. The Labute approximate surface area is 219 Å². The monoisotopic (exact) mass is 512 g/mol. The van der Waals surface area contributed by atoms with Crippen LogP contribution in [0.5, 0.6) is 0 Å². The molecule has 0 aromatic heterocycles. The van der Waals surface area contributed by atoms with Gasteiger partial charge in [0, 0.05) is 0 Å². The average Bonchev–Trinajstić information content (AvgIpc) is 2.78. The number of nitrogens with zero attached hydrogens (tertiary/aromatic N) is 1. The second kappa shape index (κ2) is 23.5. The van der Waals surface area contributed by atoms with E-state index in [0.29, 0.717) is 6.42 Å². The van der Waals surface area contributed by atoms with Gasteiger partial charge < -0.3 is 15.3 Å². The van der Waals surface area contributed by atoms with E-state index < -0.39 is 42.0 Å². The zero-order valence-corrected chi connectivity index (χ0v) is 22.9. The van der Waals surface area contributed by atoms with Crippen LogP contribution in [0.2, 0.25) is 0 Å². The molecule has 0 unspecified atom stereocenters. The summed E-state index contributed by atoms with van der Waals surface area (Å²) in [7, 11) is 0. The highest BCUT2D eigenvalue weighted by molar-refractivity contribution is 5.73. The Morgan fingerprint density at radius 2 is 0.806 bits per heavy atom. The van der Waals surface area contributed by atoms with E-state index in [0.717, 1.165) is 32.1 Å². The lowest BCUT2D eigenvalue weighted by molar-refractivity contribution is -0.907. The van der Waals surface area contributed by atoms with Gasteiger partial charge in [-0.3, -0.25) is 4.48 Å². The van der Waals surface area contributed by atoms with E-state index in [-0.39, 0.29) is 6.54 Å². The molecule has 0 amide bonds. The summed E-state index contributed by atoms with van der Waals surface area (Å²) in [6.45, 7) is 1.08. The predicted molar refractivity (Wildman–Crippen MR) is 145 cm³/mol. The molecule has 3 N–H and O–H groups in total. The van der Waals surface area contributed by atoms with Crippen LogP contribution in [-0.2, 0) is 14.4 Å². The number of rotatable bonds is 27. The molecule has 0 rings (SSSR count). The largest absolute Gasteiger partial charge is 0.477 e. The smallest absolute Gasteiger partial charge is 0.359 e. The number of unbranched alkanes of at least 4 members (excludes halogenated alkanes) is 17. The van der Waals surface area contributed by atoms with E-state index in [2.05, 4.69) is 19.1 Å². The van der Waals surface area contributed by atoms with Gasteiger partial charge >= 0.3 is 17.9 Å². The first kappa shape index (κ1) is 34.1. The molecule has 0 aliphatic heterocycles. The van der Waals surface area contributed by atoms with Crippen molar-refractivity contribution in [1.82, 2.24) is 0 Å². The lowest BCUT2D eigenvalue weighted by Crippen LogP contribution is -2.57. The van der Waals surface area contributed by atoms with E-state index >= 15 is 0 Å². The van der Waals surface area contributed by atoms with Gasteiger partial charge in [-0.15, -0.1) is 0 Å². The molecule has 0 spiro atoms. The summed E-state index contributed by atoms with van der Waals surface area (Å²) < 4.78 is -0.439. The highest BCUT2D eigenvalue weighted by atomic mass is 16.4. The molecule has 0 aliphatic rings. The van der Waals surface area contributed by atoms with Crippen molar-refractivity contribution in [3.8, 4) is 0 Å². The number of hydrogen-bond donors (Lipinski definition) is 3. The van der Waals surface area contributed by atoms with Crippen molar-refractivity contribution in [3.63, 3.8) is 0 Å². The molecule has 0 fully saturated rings. The third-order valence-electron chi connectivity index (χ3n) is 6.81.